The maximum atomic E-state index is 5.22. The minimum atomic E-state index is 0.513. The van der Waals surface area contributed by atoms with Crippen molar-refractivity contribution in [3.63, 3.8) is 0 Å². The fourth-order valence-corrected chi connectivity index (χ4v) is 4.69. The highest BCUT2D eigenvalue weighted by molar-refractivity contribution is 8.13. The number of aliphatic imine (C=N–C) groups is 1. The lowest BCUT2D eigenvalue weighted by atomic mass is 9.75. The molecule has 0 aromatic carbocycles. The van der Waals surface area contributed by atoms with Crippen LogP contribution < -0.4 is 5.32 Å². The van der Waals surface area contributed by atoms with Crippen molar-refractivity contribution in [1.82, 2.24) is 5.32 Å². The number of amidine groups is 1. The summed E-state index contributed by atoms with van der Waals surface area (Å²) in [4.78, 5) is 4.85. The Labute approximate surface area is 127 Å². The molecular formula is C16H28N2OS. The number of hydrogen-bond donors (Lipinski definition) is 1. The quantitative estimate of drug-likeness (QED) is 0.843. The van der Waals surface area contributed by atoms with Crippen molar-refractivity contribution in [1.29, 1.82) is 0 Å². The molecule has 1 aliphatic heterocycles. The molecule has 0 atom stereocenters. The van der Waals surface area contributed by atoms with Crippen molar-refractivity contribution in [2.24, 2.45) is 15.8 Å². The van der Waals surface area contributed by atoms with Crippen LogP contribution >= 0.6 is 11.8 Å². The molecule has 2 fully saturated rings. The van der Waals surface area contributed by atoms with E-state index in [0.29, 0.717) is 10.8 Å². The summed E-state index contributed by atoms with van der Waals surface area (Å²) in [6.45, 7) is 3.05. The normalized spacial score (nSPS) is 27.1. The van der Waals surface area contributed by atoms with E-state index in [-0.39, 0.29) is 0 Å². The summed E-state index contributed by atoms with van der Waals surface area (Å²) in [5.74, 6) is 1.28. The molecule has 3 rings (SSSR count). The molecule has 0 bridgehead atoms. The number of methoxy groups -OCH3 is 1. The molecule has 0 aromatic rings. The first-order chi connectivity index (χ1) is 9.76. The molecule has 0 radical (unpaired) electrons. The highest BCUT2D eigenvalue weighted by atomic mass is 32.2. The van der Waals surface area contributed by atoms with E-state index in [9.17, 15) is 0 Å². The second-order valence-electron chi connectivity index (χ2n) is 7.07. The largest absolute Gasteiger partial charge is 0.385 e. The lowest BCUT2D eigenvalue weighted by Gasteiger charge is -2.38. The van der Waals surface area contributed by atoms with E-state index in [1.165, 1.54) is 62.3 Å². The van der Waals surface area contributed by atoms with Gasteiger partial charge in [0.2, 0.25) is 0 Å². The number of nitrogens with zero attached hydrogens (tertiary/aromatic N) is 1. The van der Waals surface area contributed by atoms with Crippen LogP contribution in [0.25, 0.3) is 0 Å². The van der Waals surface area contributed by atoms with Gasteiger partial charge in [0.05, 0.1) is 0 Å². The van der Waals surface area contributed by atoms with Crippen LogP contribution in [0, 0.1) is 10.8 Å². The van der Waals surface area contributed by atoms with E-state index in [4.69, 9.17) is 9.73 Å². The number of thioether (sulfide) groups is 1. The van der Waals surface area contributed by atoms with Gasteiger partial charge in [-0.05, 0) is 42.9 Å². The van der Waals surface area contributed by atoms with Crippen molar-refractivity contribution in [3.8, 4) is 0 Å². The van der Waals surface area contributed by atoms with Gasteiger partial charge in [-0.2, -0.15) is 0 Å². The Kier molecular flexibility index (Phi) is 4.61. The minimum Gasteiger partial charge on any atom is -0.385 e. The standard InChI is InChI=1S/C16H28N2OS/c1-19-10-9-15(7-8-15)11-17-14-18-12-16(13-20-14)5-3-2-4-6-16/h2-13H2,1H3,(H,17,18). The highest BCUT2D eigenvalue weighted by Crippen LogP contribution is 2.48. The molecular weight excluding hydrogens is 268 g/mol. The van der Waals surface area contributed by atoms with Crippen LogP contribution in [-0.2, 0) is 4.74 Å². The van der Waals surface area contributed by atoms with E-state index < -0.39 is 0 Å². The summed E-state index contributed by atoms with van der Waals surface area (Å²) in [6, 6.07) is 0. The van der Waals surface area contributed by atoms with Gasteiger partial charge >= 0.3 is 0 Å². The number of rotatable bonds is 5. The Bertz CT molecular complexity index is 359. The van der Waals surface area contributed by atoms with E-state index in [1.807, 2.05) is 11.8 Å². The molecule has 1 spiro atoms. The lowest BCUT2D eigenvalue weighted by molar-refractivity contribution is 0.172. The van der Waals surface area contributed by atoms with Crippen LogP contribution in [0.4, 0.5) is 0 Å². The Morgan fingerprint density at radius 3 is 2.60 bits per heavy atom. The maximum absolute atomic E-state index is 5.22. The topological polar surface area (TPSA) is 33.6 Å². The van der Waals surface area contributed by atoms with E-state index in [1.54, 1.807) is 7.11 Å². The smallest absolute Gasteiger partial charge is 0.156 e. The molecule has 4 heteroatoms. The van der Waals surface area contributed by atoms with Gasteiger partial charge < -0.3 is 10.1 Å². The summed E-state index contributed by atoms with van der Waals surface area (Å²) in [6.07, 6.45) is 11.0. The molecule has 2 aliphatic carbocycles. The molecule has 20 heavy (non-hydrogen) atoms. The van der Waals surface area contributed by atoms with Crippen LogP contribution in [0.15, 0.2) is 4.99 Å². The second kappa shape index (κ2) is 6.27. The molecule has 3 aliphatic rings. The predicted octanol–water partition coefficient (Wildman–Crippen LogP) is 3.45. The summed E-state index contributed by atoms with van der Waals surface area (Å²) in [5.41, 5.74) is 1.06. The third-order valence-corrected chi connectivity index (χ3v) is 6.70. The molecule has 3 nitrogen and oxygen atoms in total. The molecule has 114 valence electrons. The van der Waals surface area contributed by atoms with Crippen LogP contribution in [0.5, 0.6) is 0 Å². The van der Waals surface area contributed by atoms with Gasteiger partial charge in [-0.15, -0.1) is 0 Å². The Morgan fingerprint density at radius 1 is 1.20 bits per heavy atom. The zero-order valence-corrected chi connectivity index (χ0v) is 13.6. The summed E-state index contributed by atoms with van der Waals surface area (Å²) >= 11 is 1.97. The monoisotopic (exact) mass is 296 g/mol. The number of ether oxygens (including phenoxy) is 1. The van der Waals surface area contributed by atoms with Crippen LogP contribution in [-0.4, -0.2) is 37.7 Å². The lowest BCUT2D eigenvalue weighted by Crippen LogP contribution is -2.38. The highest BCUT2D eigenvalue weighted by Gasteiger charge is 2.42. The average molecular weight is 296 g/mol. The van der Waals surface area contributed by atoms with E-state index in [0.717, 1.165) is 19.7 Å². The van der Waals surface area contributed by atoms with E-state index >= 15 is 0 Å². The first-order valence-corrected chi connectivity index (χ1v) is 9.15. The third kappa shape index (κ3) is 3.51. The van der Waals surface area contributed by atoms with Crippen molar-refractivity contribution in [2.45, 2.75) is 51.4 Å². The number of nitrogens with one attached hydrogen (secondary N) is 1. The molecule has 1 N–H and O–H groups in total. The third-order valence-electron chi connectivity index (χ3n) is 5.40. The van der Waals surface area contributed by atoms with Gasteiger partial charge in [-0.3, -0.25) is 4.99 Å². The minimum absolute atomic E-state index is 0.513. The summed E-state index contributed by atoms with van der Waals surface area (Å²) in [5, 5.41) is 4.81. The fraction of sp³-hybridized carbons (Fsp3) is 0.938. The fourth-order valence-electron chi connectivity index (χ4n) is 3.54. The zero-order valence-electron chi connectivity index (χ0n) is 12.7. The molecule has 0 amide bonds. The van der Waals surface area contributed by atoms with Crippen LogP contribution in [0.3, 0.4) is 0 Å². The molecule has 1 heterocycles. The van der Waals surface area contributed by atoms with Gasteiger partial charge in [0.1, 0.15) is 0 Å². The first kappa shape index (κ1) is 14.7. The Balaban J connectivity index is 1.45. The second-order valence-corrected chi connectivity index (χ2v) is 8.03. The van der Waals surface area contributed by atoms with Crippen molar-refractivity contribution in [3.05, 3.63) is 0 Å². The molecule has 0 saturated heterocycles. The average Bonchev–Trinajstić information content (AvgIpc) is 3.26. The van der Waals surface area contributed by atoms with Crippen LogP contribution in [0.2, 0.25) is 0 Å². The zero-order chi connectivity index (χ0) is 13.9. The summed E-state index contributed by atoms with van der Waals surface area (Å²) < 4.78 is 5.22. The maximum Gasteiger partial charge on any atom is 0.156 e. The summed E-state index contributed by atoms with van der Waals surface area (Å²) in [7, 11) is 1.80. The first-order valence-electron chi connectivity index (χ1n) is 8.16. The number of hydrogen-bond acceptors (Lipinski definition) is 4. The predicted molar refractivity (Wildman–Crippen MR) is 86.4 cm³/mol. The molecule has 2 saturated carbocycles. The van der Waals surface area contributed by atoms with Crippen molar-refractivity contribution in [2.75, 3.05) is 32.6 Å². The van der Waals surface area contributed by atoms with Gasteiger partial charge in [0.25, 0.3) is 0 Å². The SMILES string of the molecule is COCCC1(CNC2=NCC3(CCCCC3)CS2)CC1. The van der Waals surface area contributed by atoms with Gasteiger partial charge in [-0.1, -0.05) is 31.0 Å². The van der Waals surface area contributed by atoms with Gasteiger partial charge in [0, 0.05) is 32.6 Å². The van der Waals surface area contributed by atoms with Gasteiger partial charge in [-0.25, -0.2) is 0 Å². The Hall–Kier alpha value is -0.220. The molecule has 0 aromatic heterocycles. The van der Waals surface area contributed by atoms with Crippen LogP contribution in [0.1, 0.15) is 51.4 Å². The Morgan fingerprint density at radius 2 is 2.00 bits per heavy atom. The van der Waals surface area contributed by atoms with E-state index in [2.05, 4.69) is 5.32 Å². The van der Waals surface area contributed by atoms with Crippen molar-refractivity contribution < 1.29 is 4.74 Å². The van der Waals surface area contributed by atoms with Crippen molar-refractivity contribution >= 4 is 16.9 Å². The molecule has 0 unspecified atom stereocenters. The van der Waals surface area contributed by atoms with Gasteiger partial charge in [0.15, 0.2) is 5.17 Å².